The lowest BCUT2D eigenvalue weighted by molar-refractivity contribution is 0.358. The molecule has 1 N–H and O–H groups in total. The summed E-state index contributed by atoms with van der Waals surface area (Å²) in [5.41, 5.74) is 0.870. The summed E-state index contributed by atoms with van der Waals surface area (Å²) in [6.07, 6.45) is 8.86. The highest BCUT2D eigenvalue weighted by Crippen LogP contribution is 2.31. The van der Waals surface area contributed by atoms with E-state index in [-0.39, 0.29) is 6.04 Å². The number of hydrogen-bond donors (Lipinski definition) is 1. The molecule has 2 rings (SSSR count). The lowest BCUT2D eigenvalue weighted by atomic mass is 9.89. The molecule has 1 nitrogen and oxygen atoms in total. The Labute approximate surface area is 120 Å². The molecule has 0 heterocycles. The third-order valence-corrected chi connectivity index (χ3v) is 4.34. The van der Waals surface area contributed by atoms with Crippen LogP contribution in [0.4, 0.5) is 8.78 Å². The molecule has 1 aliphatic rings. The molecule has 3 heteroatoms. The number of hydrogen-bond acceptors (Lipinski definition) is 1. The zero-order valence-corrected chi connectivity index (χ0v) is 12.3. The van der Waals surface area contributed by atoms with Crippen LogP contribution in [-0.4, -0.2) is 6.54 Å². The van der Waals surface area contributed by atoms with Gasteiger partial charge in [0.05, 0.1) is 0 Å². The number of benzene rings is 1. The van der Waals surface area contributed by atoms with Gasteiger partial charge in [-0.25, -0.2) is 8.78 Å². The van der Waals surface area contributed by atoms with Gasteiger partial charge in [-0.3, -0.25) is 0 Å². The van der Waals surface area contributed by atoms with E-state index in [0.717, 1.165) is 18.5 Å². The Hall–Kier alpha value is -0.960. The summed E-state index contributed by atoms with van der Waals surface area (Å²) in [6.45, 7) is 2.90. The highest BCUT2D eigenvalue weighted by atomic mass is 19.2. The highest BCUT2D eigenvalue weighted by Gasteiger charge is 2.19. The van der Waals surface area contributed by atoms with E-state index in [9.17, 15) is 8.78 Å². The molecule has 1 atom stereocenters. The van der Waals surface area contributed by atoms with Crippen LogP contribution in [0.1, 0.15) is 63.5 Å². The predicted molar refractivity (Wildman–Crippen MR) is 78.6 cm³/mol. The van der Waals surface area contributed by atoms with Crippen LogP contribution in [0.25, 0.3) is 0 Å². The molecular weight excluding hydrogens is 256 g/mol. The number of rotatable bonds is 5. The first kappa shape index (κ1) is 15.4. The summed E-state index contributed by atoms with van der Waals surface area (Å²) in [5, 5.41) is 3.42. The van der Waals surface area contributed by atoms with Gasteiger partial charge in [0.1, 0.15) is 0 Å². The fraction of sp³-hybridized carbons (Fsp3) is 0.647. The van der Waals surface area contributed by atoms with Crippen LogP contribution in [0.2, 0.25) is 0 Å². The minimum absolute atomic E-state index is 0.137. The summed E-state index contributed by atoms with van der Waals surface area (Å²) in [6, 6.07) is 4.43. The van der Waals surface area contributed by atoms with Gasteiger partial charge in [-0.1, -0.05) is 51.5 Å². The Bertz CT molecular complexity index is 411. The summed E-state index contributed by atoms with van der Waals surface area (Å²) in [7, 11) is 0. The molecule has 112 valence electrons. The third-order valence-electron chi connectivity index (χ3n) is 4.34. The molecule has 1 aromatic rings. The standard InChI is InChI=1S/C17H25F2N/c1-2-20-17(11-13-7-5-3-4-6-8-13)14-9-10-15(18)16(19)12-14/h9-10,12-13,17,20H,2-8,11H2,1H3. The van der Waals surface area contributed by atoms with E-state index in [1.54, 1.807) is 6.07 Å². The van der Waals surface area contributed by atoms with E-state index in [1.807, 2.05) is 0 Å². The van der Waals surface area contributed by atoms with Gasteiger partial charge in [0.15, 0.2) is 11.6 Å². The van der Waals surface area contributed by atoms with Gasteiger partial charge in [-0.15, -0.1) is 0 Å². The van der Waals surface area contributed by atoms with Crippen LogP contribution in [0, 0.1) is 17.6 Å². The first-order valence-corrected chi connectivity index (χ1v) is 7.89. The van der Waals surface area contributed by atoms with Crippen molar-refractivity contribution in [2.75, 3.05) is 6.54 Å². The third kappa shape index (κ3) is 4.27. The molecule has 0 spiro atoms. The van der Waals surface area contributed by atoms with Crippen molar-refractivity contribution in [1.82, 2.24) is 5.32 Å². The van der Waals surface area contributed by atoms with Crippen molar-refractivity contribution in [3.63, 3.8) is 0 Å². The van der Waals surface area contributed by atoms with Gasteiger partial charge < -0.3 is 5.32 Å². The Kier molecular flexibility index (Phi) is 5.96. The summed E-state index contributed by atoms with van der Waals surface area (Å²) in [5.74, 6) is -0.806. The van der Waals surface area contributed by atoms with Crippen molar-refractivity contribution in [3.05, 3.63) is 35.4 Å². The van der Waals surface area contributed by atoms with Crippen molar-refractivity contribution in [2.45, 2.75) is 57.9 Å². The Balaban J connectivity index is 2.06. The van der Waals surface area contributed by atoms with Crippen molar-refractivity contribution in [3.8, 4) is 0 Å². The van der Waals surface area contributed by atoms with E-state index in [2.05, 4.69) is 12.2 Å². The van der Waals surface area contributed by atoms with Crippen LogP contribution in [0.15, 0.2) is 18.2 Å². The molecule has 1 unspecified atom stereocenters. The normalized spacial score (nSPS) is 18.8. The highest BCUT2D eigenvalue weighted by molar-refractivity contribution is 5.21. The van der Waals surface area contributed by atoms with Crippen molar-refractivity contribution in [2.24, 2.45) is 5.92 Å². The predicted octanol–water partition coefficient (Wildman–Crippen LogP) is 4.98. The SMILES string of the molecule is CCNC(CC1CCCCCC1)c1ccc(F)c(F)c1. The van der Waals surface area contributed by atoms with E-state index >= 15 is 0 Å². The van der Waals surface area contributed by atoms with Gasteiger partial charge in [0.2, 0.25) is 0 Å². The molecule has 0 radical (unpaired) electrons. The smallest absolute Gasteiger partial charge is 0.159 e. The molecule has 1 saturated carbocycles. The molecule has 0 aromatic heterocycles. The second-order valence-electron chi connectivity index (χ2n) is 5.88. The summed E-state index contributed by atoms with van der Waals surface area (Å²) < 4.78 is 26.5. The molecule has 20 heavy (non-hydrogen) atoms. The average molecular weight is 281 g/mol. The van der Waals surface area contributed by atoms with E-state index in [1.165, 1.54) is 50.7 Å². The van der Waals surface area contributed by atoms with Gasteiger partial charge in [0.25, 0.3) is 0 Å². The van der Waals surface area contributed by atoms with Crippen molar-refractivity contribution in [1.29, 1.82) is 0 Å². The number of halogens is 2. The largest absolute Gasteiger partial charge is 0.310 e. The molecular formula is C17H25F2N. The molecule has 1 fully saturated rings. The van der Waals surface area contributed by atoms with Crippen molar-refractivity contribution < 1.29 is 8.78 Å². The van der Waals surface area contributed by atoms with Gasteiger partial charge in [0, 0.05) is 6.04 Å². The molecule has 0 amide bonds. The van der Waals surface area contributed by atoms with Crippen LogP contribution in [0.5, 0.6) is 0 Å². The fourth-order valence-electron chi connectivity index (χ4n) is 3.25. The van der Waals surface area contributed by atoms with Crippen LogP contribution >= 0.6 is 0 Å². The maximum Gasteiger partial charge on any atom is 0.159 e. The fourth-order valence-corrected chi connectivity index (χ4v) is 3.25. The topological polar surface area (TPSA) is 12.0 Å². The second kappa shape index (κ2) is 7.72. The summed E-state index contributed by atoms with van der Waals surface area (Å²) >= 11 is 0. The van der Waals surface area contributed by atoms with Crippen LogP contribution in [-0.2, 0) is 0 Å². The first-order chi connectivity index (χ1) is 9.70. The average Bonchev–Trinajstić information content (AvgIpc) is 2.70. The van der Waals surface area contributed by atoms with Gasteiger partial charge in [-0.2, -0.15) is 0 Å². The maximum absolute atomic E-state index is 13.4. The minimum Gasteiger partial charge on any atom is -0.310 e. The summed E-state index contributed by atoms with van der Waals surface area (Å²) in [4.78, 5) is 0. The van der Waals surface area contributed by atoms with Crippen LogP contribution < -0.4 is 5.32 Å². The number of nitrogens with one attached hydrogen (secondary N) is 1. The Morgan fingerprint density at radius 3 is 2.40 bits per heavy atom. The van der Waals surface area contributed by atoms with Crippen LogP contribution in [0.3, 0.4) is 0 Å². The van der Waals surface area contributed by atoms with E-state index in [0.29, 0.717) is 5.92 Å². The van der Waals surface area contributed by atoms with E-state index < -0.39 is 11.6 Å². The van der Waals surface area contributed by atoms with E-state index in [4.69, 9.17) is 0 Å². The first-order valence-electron chi connectivity index (χ1n) is 7.89. The lowest BCUT2D eigenvalue weighted by Crippen LogP contribution is -2.23. The molecule has 1 aromatic carbocycles. The zero-order valence-electron chi connectivity index (χ0n) is 12.3. The van der Waals surface area contributed by atoms with Crippen molar-refractivity contribution >= 4 is 0 Å². The Morgan fingerprint density at radius 2 is 1.80 bits per heavy atom. The van der Waals surface area contributed by atoms with Gasteiger partial charge >= 0.3 is 0 Å². The molecule has 0 bridgehead atoms. The minimum atomic E-state index is -0.765. The monoisotopic (exact) mass is 281 g/mol. The lowest BCUT2D eigenvalue weighted by Gasteiger charge is -2.24. The molecule has 0 saturated heterocycles. The Morgan fingerprint density at radius 1 is 1.10 bits per heavy atom. The maximum atomic E-state index is 13.4. The zero-order chi connectivity index (χ0) is 14.4. The van der Waals surface area contributed by atoms with Gasteiger partial charge in [-0.05, 0) is 36.6 Å². The molecule has 1 aliphatic carbocycles. The quantitative estimate of drug-likeness (QED) is 0.751. The second-order valence-corrected chi connectivity index (χ2v) is 5.88. The molecule has 0 aliphatic heterocycles.